The Labute approximate surface area is 102 Å². The monoisotopic (exact) mass is 262 g/mol. The second-order valence-electron chi connectivity index (χ2n) is 4.63. The van der Waals surface area contributed by atoms with Gasteiger partial charge in [0.1, 0.15) is 11.3 Å². The van der Waals surface area contributed by atoms with Crippen LogP contribution in [-0.2, 0) is 10.9 Å². The number of nitrogens with two attached hydrogens (primary N) is 1. The van der Waals surface area contributed by atoms with Gasteiger partial charge in [-0.2, -0.15) is 13.2 Å². The number of hydrogen-bond donors (Lipinski definition) is 1. The minimum absolute atomic E-state index is 0.425. The lowest BCUT2D eigenvalue weighted by atomic mass is 10.2. The van der Waals surface area contributed by atoms with E-state index in [0.29, 0.717) is 0 Å². The summed E-state index contributed by atoms with van der Waals surface area (Å²) in [5.74, 6) is -0.923. The molecule has 100 valence electrons. The van der Waals surface area contributed by atoms with Crippen LogP contribution in [0.5, 0.6) is 0 Å². The third kappa shape index (κ3) is 3.61. The molecule has 1 aromatic rings. The molecule has 2 N–H and O–H groups in total. The van der Waals surface area contributed by atoms with Gasteiger partial charge in [-0.15, -0.1) is 0 Å². The second-order valence-corrected chi connectivity index (χ2v) is 4.63. The molecule has 0 aliphatic rings. The number of alkyl halides is 3. The SMILES string of the molecule is CC(C)(C)OC(=O)c1ccc(N)c(C(F)(F)F)n1. The van der Waals surface area contributed by atoms with Crippen molar-refractivity contribution >= 4 is 11.7 Å². The average molecular weight is 262 g/mol. The van der Waals surface area contributed by atoms with E-state index in [2.05, 4.69) is 4.98 Å². The number of hydrogen-bond acceptors (Lipinski definition) is 4. The standard InChI is InChI=1S/C11H13F3N2O2/c1-10(2,3)18-9(17)7-5-4-6(15)8(16-7)11(12,13)14/h4-5H,15H2,1-3H3. The van der Waals surface area contributed by atoms with Gasteiger partial charge in [0.15, 0.2) is 5.69 Å². The van der Waals surface area contributed by atoms with Crippen LogP contribution >= 0.6 is 0 Å². The van der Waals surface area contributed by atoms with Gasteiger partial charge in [-0.05, 0) is 32.9 Å². The maximum atomic E-state index is 12.5. The van der Waals surface area contributed by atoms with Crippen molar-refractivity contribution < 1.29 is 22.7 Å². The van der Waals surface area contributed by atoms with Crippen LogP contribution in [0.2, 0.25) is 0 Å². The first-order valence-corrected chi connectivity index (χ1v) is 5.08. The van der Waals surface area contributed by atoms with Gasteiger partial charge in [0.2, 0.25) is 0 Å². The molecule has 0 unspecified atom stereocenters. The van der Waals surface area contributed by atoms with E-state index in [1.165, 1.54) is 0 Å². The third-order valence-electron chi connectivity index (χ3n) is 1.80. The first-order valence-electron chi connectivity index (χ1n) is 5.08. The van der Waals surface area contributed by atoms with Crippen LogP contribution < -0.4 is 5.73 Å². The van der Waals surface area contributed by atoms with E-state index in [-0.39, 0.29) is 0 Å². The van der Waals surface area contributed by atoms with Crippen molar-refractivity contribution in [3.63, 3.8) is 0 Å². The number of anilines is 1. The van der Waals surface area contributed by atoms with Crippen LogP contribution in [0, 0.1) is 0 Å². The van der Waals surface area contributed by atoms with Gasteiger partial charge in [0.05, 0.1) is 5.69 Å². The lowest BCUT2D eigenvalue weighted by Gasteiger charge is -2.19. The number of esters is 1. The molecular weight excluding hydrogens is 249 g/mol. The second kappa shape index (κ2) is 4.47. The van der Waals surface area contributed by atoms with Gasteiger partial charge < -0.3 is 10.5 Å². The fourth-order valence-corrected chi connectivity index (χ4v) is 1.14. The zero-order valence-corrected chi connectivity index (χ0v) is 10.1. The molecule has 0 bridgehead atoms. The normalized spacial score (nSPS) is 12.3. The fourth-order valence-electron chi connectivity index (χ4n) is 1.14. The van der Waals surface area contributed by atoms with Crippen molar-refractivity contribution in [2.24, 2.45) is 0 Å². The lowest BCUT2D eigenvalue weighted by molar-refractivity contribution is -0.140. The molecule has 0 radical (unpaired) electrons. The highest BCUT2D eigenvalue weighted by Crippen LogP contribution is 2.32. The quantitative estimate of drug-likeness (QED) is 0.790. The molecule has 0 spiro atoms. The highest BCUT2D eigenvalue weighted by molar-refractivity contribution is 5.88. The van der Waals surface area contributed by atoms with E-state index < -0.39 is 34.8 Å². The molecule has 0 atom stereocenters. The number of aromatic nitrogens is 1. The number of carbonyl (C=O) groups excluding carboxylic acids is 1. The van der Waals surface area contributed by atoms with Gasteiger partial charge in [-0.3, -0.25) is 0 Å². The smallest absolute Gasteiger partial charge is 0.435 e. The van der Waals surface area contributed by atoms with Gasteiger partial charge in [0, 0.05) is 0 Å². The molecular formula is C11H13F3N2O2. The molecule has 0 aromatic carbocycles. The van der Waals surface area contributed by atoms with E-state index in [4.69, 9.17) is 10.5 Å². The zero-order valence-electron chi connectivity index (χ0n) is 10.1. The van der Waals surface area contributed by atoms with E-state index in [0.717, 1.165) is 12.1 Å². The number of rotatable bonds is 1. The highest BCUT2D eigenvalue weighted by Gasteiger charge is 2.36. The molecule has 0 amide bonds. The van der Waals surface area contributed by atoms with Crippen molar-refractivity contribution in [1.82, 2.24) is 4.98 Å². The highest BCUT2D eigenvalue weighted by atomic mass is 19.4. The Bertz CT molecular complexity index is 464. The summed E-state index contributed by atoms with van der Waals surface area (Å²) in [5.41, 5.74) is 2.12. The molecule has 0 aliphatic heterocycles. The van der Waals surface area contributed by atoms with Gasteiger partial charge >= 0.3 is 12.1 Å². The summed E-state index contributed by atoms with van der Waals surface area (Å²) in [7, 11) is 0. The predicted molar refractivity (Wildman–Crippen MR) is 58.8 cm³/mol. The molecule has 0 saturated carbocycles. The van der Waals surface area contributed by atoms with Crippen molar-refractivity contribution in [2.75, 3.05) is 5.73 Å². The minimum atomic E-state index is -4.71. The molecule has 7 heteroatoms. The number of ether oxygens (including phenoxy) is 1. The Morgan fingerprint density at radius 1 is 1.28 bits per heavy atom. The Morgan fingerprint density at radius 2 is 1.83 bits per heavy atom. The van der Waals surface area contributed by atoms with Crippen molar-refractivity contribution in [2.45, 2.75) is 32.5 Å². The molecule has 4 nitrogen and oxygen atoms in total. The number of carbonyl (C=O) groups is 1. The van der Waals surface area contributed by atoms with E-state index in [9.17, 15) is 18.0 Å². The van der Waals surface area contributed by atoms with E-state index in [1.54, 1.807) is 20.8 Å². The molecule has 0 aliphatic carbocycles. The first-order chi connectivity index (χ1) is 8.00. The van der Waals surface area contributed by atoms with Crippen LogP contribution in [0.1, 0.15) is 37.0 Å². The molecule has 18 heavy (non-hydrogen) atoms. The Balaban J connectivity index is 3.10. The van der Waals surface area contributed by atoms with E-state index in [1.807, 2.05) is 0 Å². The Hall–Kier alpha value is -1.79. The Morgan fingerprint density at radius 3 is 2.28 bits per heavy atom. The summed E-state index contributed by atoms with van der Waals surface area (Å²) in [6.07, 6.45) is -4.71. The summed E-state index contributed by atoms with van der Waals surface area (Å²) in [6.45, 7) is 4.81. The maximum absolute atomic E-state index is 12.5. The Kier molecular flexibility index (Phi) is 3.54. The van der Waals surface area contributed by atoms with Crippen LogP contribution in [-0.4, -0.2) is 16.6 Å². The molecule has 0 fully saturated rings. The average Bonchev–Trinajstić information content (AvgIpc) is 2.13. The van der Waals surface area contributed by atoms with Gasteiger partial charge in [-0.1, -0.05) is 0 Å². The maximum Gasteiger partial charge on any atom is 0.435 e. The van der Waals surface area contributed by atoms with Crippen LogP contribution in [0.3, 0.4) is 0 Å². The van der Waals surface area contributed by atoms with Crippen molar-refractivity contribution in [3.8, 4) is 0 Å². The fraction of sp³-hybridized carbons (Fsp3) is 0.455. The first kappa shape index (κ1) is 14.3. The van der Waals surface area contributed by atoms with Gasteiger partial charge in [0.25, 0.3) is 0 Å². The molecule has 1 heterocycles. The third-order valence-corrected chi connectivity index (χ3v) is 1.80. The summed E-state index contributed by atoms with van der Waals surface area (Å²) in [6, 6.07) is 2.08. The lowest BCUT2D eigenvalue weighted by Crippen LogP contribution is -2.25. The van der Waals surface area contributed by atoms with Gasteiger partial charge in [-0.25, -0.2) is 9.78 Å². The predicted octanol–water partition coefficient (Wildman–Crippen LogP) is 2.64. The summed E-state index contributed by atoms with van der Waals surface area (Å²) >= 11 is 0. The minimum Gasteiger partial charge on any atom is -0.455 e. The number of halogens is 3. The van der Waals surface area contributed by atoms with Crippen molar-refractivity contribution in [3.05, 3.63) is 23.5 Å². The number of nitrogens with zero attached hydrogens (tertiary/aromatic N) is 1. The number of nitrogen functional groups attached to an aromatic ring is 1. The van der Waals surface area contributed by atoms with Crippen LogP contribution in [0.15, 0.2) is 12.1 Å². The summed E-state index contributed by atoms with van der Waals surface area (Å²) < 4.78 is 42.5. The largest absolute Gasteiger partial charge is 0.455 e. The summed E-state index contributed by atoms with van der Waals surface area (Å²) in [4.78, 5) is 14.8. The van der Waals surface area contributed by atoms with Crippen LogP contribution in [0.25, 0.3) is 0 Å². The molecule has 0 saturated heterocycles. The van der Waals surface area contributed by atoms with E-state index >= 15 is 0 Å². The number of pyridine rings is 1. The topological polar surface area (TPSA) is 65.2 Å². The summed E-state index contributed by atoms with van der Waals surface area (Å²) in [5, 5.41) is 0. The molecule has 1 rings (SSSR count). The molecule has 1 aromatic heterocycles. The van der Waals surface area contributed by atoms with Crippen LogP contribution in [0.4, 0.5) is 18.9 Å². The zero-order chi connectivity index (χ0) is 14.1. The van der Waals surface area contributed by atoms with Crippen molar-refractivity contribution in [1.29, 1.82) is 0 Å².